The first-order chi connectivity index (χ1) is 11.8. The van der Waals surface area contributed by atoms with Crippen LogP contribution in [0.1, 0.15) is 17.8 Å². The summed E-state index contributed by atoms with van der Waals surface area (Å²) in [5.41, 5.74) is 2.50. The van der Waals surface area contributed by atoms with Gasteiger partial charge in [-0.3, -0.25) is 0 Å². The average molecular weight is 360 g/mol. The molecular formula is C18H24N4O2S. The van der Waals surface area contributed by atoms with Gasteiger partial charge in [-0.05, 0) is 38.3 Å². The maximum atomic E-state index is 11.9. The topological polar surface area (TPSA) is 75.2 Å². The second-order valence-corrected chi connectivity index (χ2v) is 8.70. The lowest BCUT2D eigenvalue weighted by atomic mass is 10.1. The first kappa shape index (κ1) is 17.7. The maximum absolute atomic E-state index is 11.9. The second kappa shape index (κ2) is 7.00. The highest BCUT2D eigenvalue weighted by Gasteiger charge is 2.24. The van der Waals surface area contributed by atoms with Crippen LogP contribution in [0.15, 0.2) is 35.4 Å². The van der Waals surface area contributed by atoms with E-state index in [9.17, 15) is 8.42 Å². The van der Waals surface area contributed by atoms with E-state index in [4.69, 9.17) is 0 Å². The van der Waals surface area contributed by atoms with Crippen molar-refractivity contribution in [3.05, 3.63) is 41.9 Å². The summed E-state index contributed by atoms with van der Waals surface area (Å²) < 4.78 is 23.8. The van der Waals surface area contributed by atoms with Crippen LogP contribution in [0.5, 0.6) is 0 Å². The molecule has 1 N–H and O–H groups in total. The van der Waals surface area contributed by atoms with Gasteiger partial charge in [0.05, 0.1) is 6.20 Å². The molecule has 1 aromatic carbocycles. The van der Waals surface area contributed by atoms with Crippen LogP contribution in [0.25, 0.3) is 0 Å². The van der Waals surface area contributed by atoms with Gasteiger partial charge in [0.25, 0.3) is 0 Å². The first-order valence-corrected chi connectivity index (χ1v) is 10.3. The standard InChI is InChI=1S/C18H24N4O2S/c1-13-4-6-16(7-5-13)22-9-8-15(12-22)10-20-18-17(25(3,23)24)11-19-14(2)21-18/h4-7,11,15H,8-10,12H2,1-3H3,(H,19,20,21)/t15-/m0/s1. The van der Waals surface area contributed by atoms with Crippen molar-refractivity contribution in [3.8, 4) is 0 Å². The van der Waals surface area contributed by atoms with Crippen molar-refractivity contribution >= 4 is 21.3 Å². The summed E-state index contributed by atoms with van der Waals surface area (Å²) >= 11 is 0. The van der Waals surface area contributed by atoms with Crippen molar-refractivity contribution < 1.29 is 8.42 Å². The number of hydrogen-bond donors (Lipinski definition) is 1. The number of anilines is 2. The molecule has 0 unspecified atom stereocenters. The Morgan fingerprint density at radius 2 is 1.96 bits per heavy atom. The molecule has 3 rings (SSSR count). The fourth-order valence-electron chi connectivity index (χ4n) is 3.09. The summed E-state index contributed by atoms with van der Waals surface area (Å²) in [4.78, 5) is 10.8. The minimum absolute atomic E-state index is 0.159. The Balaban J connectivity index is 1.65. The molecule has 1 aliphatic rings. The Hall–Kier alpha value is -2.15. The lowest BCUT2D eigenvalue weighted by Gasteiger charge is -2.19. The van der Waals surface area contributed by atoms with E-state index in [-0.39, 0.29) is 4.90 Å². The van der Waals surface area contributed by atoms with E-state index < -0.39 is 9.84 Å². The SMILES string of the molecule is Cc1ccc(N2CC[C@@H](CNc3nc(C)ncc3S(C)(=O)=O)C2)cc1. The summed E-state index contributed by atoms with van der Waals surface area (Å²) in [5.74, 6) is 1.41. The van der Waals surface area contributed by atoms with Gasteiger partial charge >= 0.3 is 0 Å². The number of benzene rings is 1. The van der Waals surface area contributed by atoms with Gasteiger partial charge in [0.1, 0.15) is 16.5 Å². The molecule has 2 aromatic rings. The molecule has 0 amide bonds. The smallest absolute Gasteiger partial charge is 0.180 e. The highest BCUT2D eigenvalue weighted by molar-refractivity contribution is 7.90. The Labute approximate surface area is 149 Å². The van der Waals surface area contributed by atoms with E-state index in [0.29, 0.717) is 24.1 Å². The zero-order chi connectivity index (χ0) is 18.0. The van der Waals surface area contributed by atoms with Gasteiger partial charge in [-0.15, -0.1) is 0 Å². The summed E-state index contributed by atoms with van der Waals surface area (Å²) in [6.07, 6.45) is 3.63. The molecule has 0 aliphatic carbocycles. The fraction of sp³-hybridized carbons (Fsp3) is 0.444. The monoisotopic (exact) mass is 360 g/mol. The average Bonchev–Trinajstić information content (AvgIpc) is 3.01. The van der Waals surface area contributed by atoms with Crippen LogP contribution in [0.3, 0.4) is 0 Å². The van der Waals surface area contributed by atoms with E-state index in [1.807, 2.05) is 0 Å². The van der Waals surface area contributed by atoms with Gasteiger partial charge < -0.3 is 10.2 Å². The molecule has 7 heteroatoms. The third-order valence-electron chi connectivity index (χ3n) is 4.52. The molecule has 25 heavy (non-hydrogen) atoms. The third kappa shape index (κ3) is 4.28. The lowest BCUT2D eigenvalue weighted by Crippen LogP contribution is -2.23. The van der Waals surface area contributed by atoms with Gasteiger partial charge in [0.15, 0.2) is 9.84 Å². The lowest BCUT2D eigenvalue weighted by molar-refractivity contribution is 0.599. The minimum Gasteiger partial charge on any atom is -0.371 e. The molecule has 2 heterocycles. The fourth-order valence-corrected chi connectivity index (χ4v) is 3.80. The van der Waals surface area contributed by atoms with Crippen molar-refractivity contribution in [2.45, 2.75) is 25.2 Å². The predicted octanol–water partition coefficient (Wildman–Crippen LogP) is 2.44. The van der Waals surface area contributed by atoms with Crippen molar-refractivity contribution in [2.75, 3.05) is 36.1 Å². The Morgan fingerprint density at radius 3 is 2.64 bits per heavy atom. The van der Waals surface area contributed by atoms with Crippen LogP contribution in [0.4, 0.5) is 11.5 Å². The summed E-state index contributed by atoms with van der Waals surface area (Å²) in [6, 6.07) is 8.56. The van der Waals surface area contributed by atoms with Crippen molar-refractivity contribution in [2.24, 2.45) is 5.92 Å². The van der Waals surface area contributed by atoms with Crippen LogP contribution in [-0.2, 0) is 9.84 Å². The van der Waals surface area contributed by atoms with Gasteiger partial charge in [0.2, 0.25) is 0 Å². The molecule has 1 fully saturated rings. The van der Waals surface area contributed by atoms with E-state index in [0.717, 1.165) is 19.5 Å². The van der Waals surface area contributed by atoms with E-state index in [2.05, 4.69) is 51.4 Å². The number of nitrogens with one attached hydrogen (secondary N) is 1. The highest BCUT2D eigenvalue weighted by atomic mass is 32.2. The second-order valence-electron chi connectivity index (χ2n) is 6.72. The Kier molecular flexibility index (Phi) is 4.94. The molecule has 1 saturated heterocycles. The van der Waals surface area contributed by atoms with Crippen molar-refractivity contribution in [1.82, 2.24) is 9.97 Å². The quantitative estimate of drug-likeness (QED) is 0.883. The number of aryl methyl sites for hydroxylation is 2. The molecule has 1 aromatic heterocycles. The first-order valence-electron chi connectivity index (χ1n) is 8.42. The molecule has 0 spiro atoms. The van der Waals surface area contributed by atoms with E-state index in [1.165, 1.54) is 23.7 Å². The van der Waals surface area contributed by atoms with E-state index in [1.54, 1.807) is 6.92 Å². The number of sulfone groups is 1. The van der Waals surface area contributed by atoms with Crippen LogP contribution in [-0.4, -0.2) is 44.3 Å². The molecule has 134 valence electrons. The summed E-state index contributed by atoms with van der Waals surface area (Å²) in [7, 11) is -3.35. The van der Waals surface area contributed by atoms with Gasteiger partial charge in [-0.25, -0.2) is 18.4 Å². The largest absolute Gasteiger partial charge is 0.371 e. The summed E-state index contributed by atoms with van der Waals surface area (Å²) in [6.45, 7) is 6.50. The molecule has 6 nitrogen and oxygen atoms in total. The molecule has 0 bridgehead atoms. The molecule has 0 radical (unpaired) electrons. The zero-order valence-corrected chi connectivity index (χ0v) is 15.7. The van der Waals surface area contributed by atoms with Crippen LogP contribution < -0.4 is 10.2 Å². The summed E-state index contributed by atoms with van der Waals surface area (Å²) in [5, 5.41) is 3.23. The van der Waals surface area contributed by atoms with Gasteiger partial charge in [0, 0.05) is 31.6 Å². The highest BCUT2D eigenvalue weighted by Crippen LogP contribution is 2.25. The maximum Gasteiger partial charge on any atom is 0.180 e. The number of aromatic nitrogens is 2. The normalized spacial score (nSPS) is 17.7. The third-order valence-corrected chi connectivity index (χ3v) is 5.62. The van der Waals surface area contributed by atoms with Crippen LogP contribution in [0, 0.1) is 19.8 Å². The van der Waals surface area contributed by atoms with Crippen LogP contribution in [0.2, 0.25) is 0 Å². The zero-order valence-electron chi connectivity index (χ0n) is 14.9. The molecule has 1 aliphatic heterocycles. The number of hydrogen-bond acceptors (Lipinski definition) is 6. The van der Waals surface area contributed by atoms with Crippen molar-refractivity contribution in [1.29, 1.82) is 0 Å². The van der Waals surface area contributed by atoms with E-state index >= 15 is 0 Å². The van der Waals surface area contributed by atoms with Crippen LogP contribution >= 0.6 is 0 Å². The number of nitrogens with zero attached hydrogens (tertiary/aromatic N) is 3. The van der Waals surface area contributed by atoms with Crippen molar-refractivity contribution in [3.63, 3.8) is 0 Å². The molecule has 1 atom stereocenters. The van der Waals surface area contributed by atoms with Gasteiger partial charge in [-0.1, -0.05) is 17.7 Å². The number of rotatable bonds is 5. The Morgan fingerprint density at radius 1 is 1.24 bits per heavy atom. The minimum atomic E-state index is -3.35. The predicted molar refractivity (Wildman–Crippen MR) is 99.9 cm³/mol. The van der Waals surface area contributed by atoms with Gasteiger partial charge in [-0.2, -0.15) is 0 Å². The molecule has 0 saturated carbocycles. The molecular weight excluding hydrogens is 336 g/mol. The Bertz CT molecular complexity index is 850.